The molecule has 4 heterocycles. The standard InChI is InChI=1S/C26H28ClN3O2/c1-3-26(4-2)12-19-17(5-8-29-22(19)13-26)18-11-16(27)9-15-10-23(31-24(15)18)25-20-14-28-7-6-21(20)30-32-25/h5,8-9,11,23,28H,3-4,6-7,10,12-14H2,1-2H3/t23-/m1/s1. The summed E-state index contributed by atoms with van der Waals surface area (Å²) in [5.41, 5.74) is 8.51. The largest absolute Gasteiger partial charge is 0.481 e. The van der Waals surface area contributed by atoms with Gasteiger partial charge in [-0.1, -0.05) is 30.6 Å². The minimum atomic E-state index is -0.168. The average Bonchev–Trinajstić information content (AvgIpc) is 3.52. The zero-order valence-corrected chi connectivity index (χ0v) is 19.4. The molecule has 0 unspecified atom stereocenters. The summed E-state index contributed by atoms with van der Waals surface area (Å²) < 4.78 is 12.4. The van der Waals surface area contributed by atoms with E-state index in [1.54, 1.807) is 0 Å². The van der Waals surface area contributed by atoms with Gasteiger partial charge in [-0.25, -0.2) is 0 Å². The molecule has 6 heteroatoms. The Kier molecular flexibility index (Phi) is 4.81. The molecule has 1 aliphatic carbocycles. The molecule has 32 heavy (non-hydrogen) atoms. The molecule has 0 radical (unpaired) electrons. The fraction of sp³-hybridized carbons (Fsp3) is 0.462. The minimum absolute atomic E-state index is 0.168. The van der Waals surface area contributed by atoms with Gasteiger partial charge < -0.3 is 14.6 Å². The van der Waals surface area contributed by atoms with Gasteiger partial charge in [-0.15, -0.1) is 0 Å². The Balaban J connectivity index is 1.41. The quantitative estimate of drug-likeness (QED) is 0.560. The number of nitrogens with one attached hydrogen (secondary N) is 1. The Morgan fingerprint density at radius 2 is 2.00 bits per heavy atom. The second-order valence-corrected chi connectivity index (χ2v) is 9.93. The third-order valence-corrected chi connectivity index (χ3v) is 8.08. The Morgan fingerprint density at radius 1 is 1.12 bits per heavy atom. The van der Waals surface area contributed by atoms with Crippen LogP contribution in [-0.4, -0.2) is 16.7 Å². The zero-order valence-electron chi connectivity index (χ0n) is 18.6. The summed E-state index contributed by atoms with van der Waals surface area (Å²) in [6, 6.07) is 6.21. The van der Waals surface area contributed by atoms with E-state index in [0.29, 0.717) is 5.41 Å². The Morgan fingerprint density at radius 3 is 2.84 bits per heavy atom. The van der Waals surface area contributed by atoms with E-state index in [2.05, 4.69) is 30.4 Å². The van der Waals surface area contributed by atoms with Crippen LogP contribution in [-0.2, 0) is 32.2 Å². The maximum atomic E-state index is 6.61. The second-order valence-electron chi connectivity index (χ2n) is 9.50. The number of fused-ring (bicyclic) bond motifs is 3. The summed E-state index contributed by atoms with van der Waals surface area (Å²) in [5.74, 6) is 1.77. The van der Waals surface area contributed by atoms with Crippen molar-refractivity contribution in [1.82, 2.24) is 15.5 Å². The molecule has 0 spiro atoms. The third kappa shape index (κ3) is 3.09. The van der Waals surface area contributed by atoms with Crippen molar-refractivity contribution in [2.24, 2.45) is 5.41 Å². The summed E-state index contributed by atoms with van der Waals surface area (Å²) >= 11 is 6.61. The van der Waals surface area contributed by atoms with E-state index >= 15 is 0 Å². The summed E-state index contributed by atoms with van der Waals surface area (Å²) in [7, 11) is 0. The molecular weight excluding hydrogens is 422 g/mol. The molecule has 1 atom stereocenters. The number of rotatable bonds is 4. The van der Waals surface area contributed by atoms with Crippen LogP contribution in [0.15, 0.2) is 28.9 Å². The summed E-state index contributed by atoms with van der Waals surface area (Å²) in [6.45, 7) is 6.32. The average molecular weight is 450 g/mol. The first-order chi connectivity index (χ1) is 15.6. The van der Waals surface area contributed by atoms with E-state index in [9.17, 15) is 0 Å². The van der Waals surface area contributed by atoms with Crippen LogP contribution in [0.25, 0.3) is 11.1 Å². The van der Waals surface area contributed by atoms with Crippen LogP contribution in [0.5, 0.6) is 5.75 Å². The van der Waals surface area contributed by atoms with Gasteiger partial charge in [-0.3, -0.25) is 4.98 Å². The lowest BCUT2D eigenvalue weighted by atomic mass is 9.79. The number of hydrogen-bond acceptors (Lipinski definition) is 5. The predicted octanol–water partition coefficient (Wildman–Crippen LogP) is 5.62. The molecule has 166 valence electrons. The molecule has 3 aromatic rings. The van der Waals surface area contributed by atoms with Crippen molar-refractivity contribution in [3.63, 3.8) is 0 Å². The van der Waals surface area contributed by atoms with E-state index in [1.807, 2.05) is 18.3 Å². The number of nitrogens with zero attached hydrogens (tertiary/aromatic N) is 2. The lowest BCUT2D eigenvalue weighted by molar-refractivity contribution is 0.189. The third-order valence-electron chi connectivity index (χ3n) is 7.86. The summed E-state index contributed by atoms with van der Waals surface area (Å²) in [6.07, 6.45) is 7.84. The SMILES string of the molecule is CCC1(CC)Cc2nccc(-c3cc(Cl)cc4c3O[C@@H](c3onc5c3CNCC5)C4)c2C1. The number of aromatic nitrogens is 2. The number of benzene rings is 1. The molecular formula is C26H28ClN3O2. The smallest absolute Gasteiger partial charge is 0.182 e. The number of halogens is 1. The van der Waals surface area contributed by atoms with E-state index in [4.69, 9.17) is 25.8 Å². The molecule has 6 rings (SSSR count). The van der Waals surface area contributed by atoms with Crippen molar-refractivity contribution in [2.75, 3.05) is 6.54 Å². The van der Waals surface area contributed by atoms with Gasteiger partial charge in [0.25, 0.3) is 0 Å². The van der Waals surface area contributed by atoms with Crippen molar-refractivity contribution in [3.05, 3.63) is 63.3 Å². The Labute approximate surface area is 193 Å². The van der Waals surface area contributed by atoms with Crippen LogP contribution in [0, 0.1) is 5.41 Å². The molecule has 0 amide bonds. The zero-order chi connectivity index (χ0) is 21.9. The normalized spacial score (nSPS) is 20.5. The number of pyridine rings is 1. The second kappa shape index (κ2) is 7.60. The van der Waals surface area contributed by atoms with Crippen LogP contribution in [0.2, 0.25) is 5.02 Å². The molecule has 1 N–H and O–H groups in total. The van der Waals surface area contributed by atoms with Crippen LogP contribution in [0.1, 0.15) is 66.6 Å². The fourth-order valence-electron chi connectivity index (χ4n) is 5.77. The van der Waals surface area contributed by atoms with Gasteiger partial charge in [-0.05, 0) is 60.4 Å². The molecule has 5 nitrogen and oxygen atoms in total. The molecule has 2 aromatic heterocycles. The van der Waals surface area contributed by atoms with Gasteiger partial charge in [0.2, 0.25) is 0 Å². The maximum absolute atomic E-state index is 6.61. The van der Waals surface area contributed by atoms with Crippen molar-refractivity contribution in [3.8, 4) is 16.9 Å². The van der Waals surface area contributed by atoms with Crippen LogP contribution in [0.4, 0.5) is 0 Å². The maximum Gasteiger partial charge on any atom is 0.182 e. The molecule has 2 aliphatic heterocycles. The van der Waals surface area contributed by atoms with Crippen molar-refractivity contribution in [1.29, 1.82) is 0 Å². The van der Waals surface area contributed by atoms with E-state index in [-0.39, 0.29) is 6.10 Å². The number of ether oxygens (including phenoxy) is 1. The van der Waals surface area contributed by atoms with Gasteiger partial charge in [-0.2, -0.15) is 0 Å². The first-order valence-corrected chi connectivity index (χ1v) is 12.1. The minimum Gasteiger partial charge on any atom is -0.481 e. The first kappa shape index (κ1) is 20.3. The summed E-state index contributed by atoms with van der Waals surface area (Å²) in [5, 5.41) is 8.48. The van der Waals surface area contributed by atoms with Gasteiger partial charge in [0, 0.05) is 59.5 Å². The fourth-order valence-corrected chi connectivity index (χ4v) is 6.01. The van der Waals surface area contributed by atoms with Gasteiger partial charge >= 0.3 is 0 Å². The van der Waals surface area contributed by atoms with E-state index < -0.39 is 0 Å². The molecule has 0 bridgehead atoms. The Bertz CT molecular complexity index is 1200. The van der Waals surface area contributed by atoms with E-state index in [1.165, 1.54) is 16.8 Å². The highest BCUT2D eigenvalue weighted by Crippen LogP contribution is 2.50. The molecule has 1 aromatic carbocycles. The van der Waals surface area contributed by atoms with Crippen molar-refractivity contribution >= 4 is 11.6 Å². The highest BCUT2D eigenvalue weighted by Gasteiger charge is 2.38. The topological polar surface area (TPSA) is 60.2 Å². The van der Waals surface area contributed by atoms with Crippen LogP contribution in [0.3, 0.4) is 0 Å². The highest BCUT2D eigenvalue weighted by molar-refractivity contribution is 6.31. The number of hydrogen-bond donors (Lipinski definition) is 1. The van der Waals surface area contributed by atoms with Crippen LogP contribution >= 0.6 is 11.6 Å². The molecule has 0 saturated heterocycles. The predicted molar refractivity (Wildman–Crippen MR) is 124 cm³/mol. The van der Waals surface area contributed by atoms with Gasteiger partial charge in [0.05, 0.1) is 5.69 Å². The van der Waals surface area contributed by atoms with Crippen molar-refractivity contribution < 1.29 is 9.26 Å². The molecule has 0 fully saturated rings. The van der Waals surface area contributed by atoms with Crippen LogP contribution < -0.4 is 10.1 Å². The van der Waals surface area contributed by atoms with Crippen molar-refractivity contribution in [2.45, 2.75) is 65.0 Å². The highest BCUT2D eigenvalue weighted by atomic mass is 35.5. The molecule has 0 saturated carbocycles. The summed E-state index contributed by atoms with van der Waals surface area (Å²) in [4.78, 5) is 4.75. The molecule has 3 aliphatic rings. The van der Waals surface area contributed by atoms with E-state index in [0.717, 1.165) is 90.5 Å². The lowest BCUT2D eigenvalue weighted by Gasteiger charge is -2.25. The monoisotopic (exact) mass is 449 g/mol. The van der Waals surface area contributed by atoms with Gasteiger partial charge in [0.1, 0.15) is 5.75 Å². The van der Waals surface area contributed by atoms with Gasteiger partial charge in [0.15, 0.2) is 11.9 Å². The Hall–Kier alpha value is -2.37. The first-order valence-electron chi connectivity index (χ1n) is 11.7. The lowest BCUT2D eigenvalue weighted by Crippen LogP contribution is -2.24.